The number of Topliss-reactive ketones (excluding diaryl/α,β-unsaturated/α-hetero) is 1. The molecule has 0 heterocycles. The fourth-order valence-corrected chi connectivity index (χ4v) is 5.43. The average molecular weight is 686 g/mol. The van der Waals surface area contributed by atoms with Gasteiger partial charge in [-0.25, -0.2) is 4.79 Å². The Bertz CT molecular complexity index is 1730. The first-order valence-corrected chi connectivity index (χ1v) is 16.1. The first-order valence-electron chi connectivity index (χ1n) is 16.1. The van der Waals surface area contributed by atoms with Gasteiger partial charge in [-0.1, -0.05) is 124 Å². The zero-order chi connectivity index (χ0) is 36.3. The van der Waals surface area contributed by atoms with E-state index in [0.29, 0.717) is 29.0 Å². The number of carbonyl (C=O) groups is 4. The molecule has 11 heteroatoms. The topological polar surface area (TPSA) is 125 Å². The van der Waals surface area contributed by atoms with Crippen molar-refractivity contribution in [3.63, 3.8) is 0 Å². The Morgan fingerprint density at radius 1 is 0.740 bits per heavy atom. The van der Waals surface area contributed by atoms with Crippen LogP contribution in [0, 0.1) is 5.41 Å². The molecule has 0 aliphatic heterocycles. The van der Waals surface area contributed by atoms with Crippen LogP contribution in [0.4, 0.5) is 13.6 Å². The summed E-state index contributed by atoms with van der Waals surface area (Å²) in [5, 5.41) is 14.7. The zero-order valence-electron chi connectivity index (χ0n) is 28.1. The van der Waals surface area contributed by atoms with E-state index >= 15 is 8.78 Å². The van der Waals surface area contributed by atoms with Crippen LogP contribution in [-0.4, -0.2) is 51.7 Å². The second-order valence-electron chi connectivity index (χ2n) is 13.0. The lowest BCUT2D eigenvalue weighted by molar-refractivity contribution is -0.160. The number of hydrogen-bond acceptors (Lipinski definition) is 5. The number of halogens is 2. The number of amides is 3. The molecule has 4 rings (SSSR count). The Kier molecular flexibility index (Phi) is 12.4. The zero-order valence-corrected chi connectivity index (χ0v) is 28.1. The third-order valence-electron chi connectivity index (χ3n) is 7.96. The van der Waals surface area contributed by atoms with Crippen LogP contribution in [0.2, 0.25) is 0 Å². The highest BCUT2D eigenvalue weighted by molar-refractivity contribution is 6.10. The summed E-state index contributed by atoms with van der Waals surface area (Å²) in [4.78, 5) is 53.7. The maximum atomic E-state index is 15.6. The third-order valence-corrected chi connectivity index (χ3v) is 7.96. The van der Waals surface area contributed by atoms with E-state index < -0.39 is 53.5 Å². The second-order valence-corrected chi connectivity index (χ2v) is 13.0. The maximum Gasteiger partial charge on any atom is 0.408 e. The lowest BCUT2D eigenvalue weighted by Gasteiger charge is -2.38. The molecule has 0 saturated carbocycles. The standard InChI is InChI=1S/C39H41F2N3O6/c1-38(2,3)33(44(37(48)49)25-29-15-9-5-10-16-29)35(46)43-32(34(45)39(40,41)36(47)42-24-28-13-7-4-8-14-28)23-27-19-21-31(22-20-27)50-26-30-17-11-6-12-18-30/h4-22,32-33H,23-26H2,1-3H3,(H,42,47)(H,43,46)(H,48,49)/t32-,33+/m0/s1. The molecule has 0 aliphatic rings. The average Bonchev–Trinajstić information content (AvgIpc) is 3.10. The summed E-state index contributed by atoms with van der Waals surface area (Å²) in [6.07, 6.45) is -1.82. The molecule has 0 spiro atoms. The van der Waals surface area contributed by atoms with Crippen LogP contribution in [0.3, 0.4) is 0 Å². The molecule has 0 radical (unpaired) electrons. The predicted molar refractivity (Wildman–Crippen MR) is 184 cm³/mol. The van der Waals surface area contributed by atoms with Crippen molar-refractivity contribution in [3.8, 4) is 5.75 Å². The van der Waals surface area contributed by atoms with Gasteiger partial charge in [-0.2, -0.15) is 8.78 Å². The van der Waals surface area contributed by atoms with E-state index in [9.17, 15) is 24.3 Å². The third kappa shape index (κ3) is 10.2. The Morgan fingerprint density at radius 2 is 1.26 bits per heavy atom. The largest absolute Gasteiger partial charge is 0.489 e. The monoisotopic (exact) mass is 685 g/mol. The van der Waals surface area contributed by atoms with Crippen LogP contribution < -0.4 is 15.4 Å². The van der Waals surface area contributed by atoms with Gasteiger partial charge in [0.25, 0.3) is 5.91 Å². The summed E-state index contributed by atoms with van der Waals surface area (Å²) in [5.41, 5.74) is 1.44. The summed E-state index contributed by atoms with van der Waals surface area (Å²) < 4.78 is 37.0. The van der Waals surface area contributed by atoms with Crippen LogP contribution in [0.1, 0.15) is 43.0 Å². The minimum Gasteiger partial charge on any atom is -0.489 e. The molecule has 0 unspecified atom stereocenters. The molecule has 50 heavy (non-hydrogen) atoms. The lowest BCUT2D eigenvalue weighted by atomic mass is 9.84. The number of rotatable bonds is 15. The molecule has 4 aromatic carbocycles. The number of ether oxygens (including phenoxy) is 1. The highest BCUT2D eigenvalue weighted by Crippen LogP contribution is 2.28. The van der Waals surface area contributed by atoms with Gasteiger partial charge >= 0.3 is 12.0 Å². The van der Waals surface area contributed by atoms with Gasteiger partial charge in [-0.15, -0.1) is 0 Å². The second kappa shape index (κ2) is 16.7. The number of benzene rings is 4. The minimum absolute atomic E-state index is 0.174. The molecule has 4 aromatic rings. The van der Waals surface area contributed by atoms with Crippen molar-refractivity contribution in [2.24, 2.45) is 5.41 Å². The van der Waals surface area contributed by atoms with E-state index in [1.54, 1.807) is 106 Å². The Balaban J connectivity index is 1.60. The number of alkyl halides is 2. The van der Waals surface area contributed by atoms with E-state index in [4.69, 9.17) is 4.74 Å². The van der Waals surface area contributed by atoms with Crippen LogP contribution in [0.15, 0.2) is 115 Å². The van der Waals surface area contributed by atoms with E-state index in [-0.39, 0.29) is 13.1 Å². The SMILES string of the molecule is CC(C)(C)[C@@H](C(=O)N[C@@H](Cc1ccc(OCc2ccccc2)cc1)C(=O)C(F)(F)C(=O)NCc1ccccc1)N(Cc1ccccc1)C(=O)O. The quantitative estimate of drug-likeness (QED) is 0.124. The smallest absolute Gasteiger partial charge is 0.408 e. The fraction of sp³-hybridized carbons (Fsp3) is 0.282. The summed E-state index contributed by atoms with van der Waals surface area (Å²) in [7, 11) is 0. The van der Waals surface area contributed by atoms with Crippen molar-refractivity contribution in [3.05, 3.63) is 138 Å². The summed E-state index contributed by atoms with van der Waals surface area (Å²) >= 11 is 0. The van der Waals surface area contributed by atoms with Crippen molar-refractivity contribution in [2.75, 3.05) is 0 Å². The fourth-order valence-electron chi connectivity index (χ4n) is 5.43. The van der Waals surface area contributed by atoms with Crippen molar-refractivity contribution in [1.29, 1.82) is 0 Å². The molecular formula is C39H41F2N3O6. The minimum atomic E-state index is -4.53. The summed E-state index contributed by atoms with van der Waals surface area (Å²) in [6.45, 7) is 4.77. The number of nitrogens with zero attached hydrogens (tertiary/aromatic N) is 1. The maximum absolute atomic E-state index is 15.6. The van der Waals surface area contributed by atoms with Gasteiger partial charge in [-0.3, -0.25) is 19.3 Å². The molecule has 3 amide bonds. The number of ketones is 1. The number of carboxylic acid groups (broad SMARTS) is 1. The number of carbonyl (C=O) groups excluding carboxylic acids is 3. The molecule has 262 valence electrons. The molecule has 0 aromatic heterocycles. The van der Waals surface area contributed by atoms with Gasteiger partial charge in [0, 0.05) is 19.5 Å². The van der Waals surface area contributed by atoms with Gasteiger partial charge in [0.1, 0.15) is 18.4 Å². The van der Waals surface area contributed by atoms with Crippen LogP contribution in [0.25, 0.3) is 0 Å². The first-order chi connectivity index (χ1) is 23.8. The molecule has 0 aliphatic carbocycles. The molecule has 9 nitrogen and oxygen atoms in total. The highest BCUT2D eigenvalue weighted by atomic mass is 19.3. The van der Waals surface area contributed by atoms with Crippen LogP contribution in [-0.2, 0) is 40.5 Å². The molecular weight excluding hydrogens is 644 g/mol. The molecule has 0 saturated heterocycles. The Morgan fingerprint density at radius 3 is 1.78 bits per heavy atom. The van der Waals surface area contributed by atoms with Crippen LogP contribution in [0.5, 0.6) is 5.75 Å². The summed E-state index contributed by atoms with van der Waals surface area (Å²) in [5.74, 6) is -8.66. The van der Waals surface area contributed by atoms with Gasteiger partial charge in [-0.05, 0) is 39.8 Å². The van der Waals surface area contributed by atoms with Gasteiger partial charge < -0.3 is 20.5 Å². The molecule has 3 N–H and O–H groups in total. The Labute approximate surface area is 290 Å². The predicted octanol–water partition coefficient (Wildman–Crippen LogP) is 6.41. The van der Waals surface area contributed by atoms with Gasteiger partial charge in [0.15, 0.2) is 0 Å². The summed E-state index contributed by atoms with van der Waals surface area (Å²) in [6, 6.07) is 29.5. The van der Waals surface area contributed by atoms with E-state index in [1.165, 1.54) is 0 Å². The first kappa shape index (κ1) is 37.2. The Hall–Kier alpha value is -5.58. The molecule has 0 fully saturated rings. The van der Waals surface area contributed by atoms with Gasteiger partial charge in [0.2, 0.25) is 11.7 Å². The molecule has 2 atom stereocenters. The van der Waals surface area contributed by atoms with Crippen molar-refractivity contribution >= 4 is 23.7 Å². The highest BCUT2D eigenvalue weighted by Gasteiger charge is 2.51. The van der Waals surface area contributed by atoms with Gasteiger partial charge in [0.05, 0.1) is 6.04 Å². The number of hydrogen-bond donors (Lipinski definition) is 3. The van der Waals surface area contributed by atoms with Crippen molar-refractivity contribution < 1.29 is 37.8 Å². The van der Waals surface area contributed by atoms with Crippen LogP contribution >= 0.6 is 0 Å². The van der Waals surface area contributed by atoms with E-state index in [1.807, 2.05) is 30.3 Å². The van der Waals surface area contributed by atoms with E-state index in [0.717, 1.165) is 10.5 Å². The normalized spacial score (nSPS) is 12.7. The number of nitrogens with one attached hydrogen (secondary N) is 2. The van der Waals surface area contributed by atoms with Crippen molar-refractivity contribution in [2.45, 2.75) is 64.9 Å². The van der Waals surface area contributed by atoms with E-state index in [2.05, 4.69) is 10.6 Å². The molecule has 0 bridgehead atoms. The lowest BCUT2D eigenvalue weighted by Crippen LogP contribution is -2.60. The van der Waals surface area contributed by atoms with Crippen molar-refractivity contribution in [1.82, 2.24) is 15.5 Å².